The summed E-state index contributed by atoms with van der Waals surface area (Å²) >= 11 is 0. The third-order valence-electron chi connectivity index (χ3n) is 6.47. The van der Waals surface area contributed by atoms with Crippen molar-refractivity contribution in [3.05, 3.63) is 53.6 Å². The van der Waals surface area contributed by atoms with Crippen LogP contribution in [0, 0.1) is 6.92 Å². The SMILES string of the molecule is CCOc1cc(-c2nncn2C)ccc1NN1C=Cc2cc(C)nc(N3CC(O)(CC)C3)c2C1. The molecule has 0 unspecified atom stereocenters. The Bertz CT molecular complexity index is 1230. The summed E-state index contributed by atoms with van der Waals surface area (Å²) in [4.78, 5) is 7.01. The predicted octanol–water partition coefficient (Wildman–Crippen LogP) is 3.36. The number of ether oxygens (including phenoxy) is 1. The Morgan fingerprint density at radius 2 is 2.03 bits per heavy atom. The van der Waals surface area contributed by atoms with Crippen LogP contribution >= 0.6 is 0 Å². The molecule has 2 aliphatic heterocycles. The van der Waals surface area contributed by atoms with E-state index in [9.17, 15) is 5.11 Å². The van der Waals surface area contributed by atoms with E-state index < -0.39 is 5.60 Å². The zero-order valence-electron chi connectivity index (χ0n) is 20.1. The molecule has 0 bridgehead atoms. The van der Waals surface area contributed by atoms with Crippen molar-refractivity contribution >= 4 is 17.6 Å². The molecule has 1 fully saturated rings. The first-order chi connectivity index (χ1) is 16.4. The number of hydrazine groups is 1. The molecule has 9 heteroatoms. The van der Waals surface area contributed by atoms with Crippen molar-refractivity contribution in [2.24, 2.45) is 7.05 Å². The van der Waals surface area contributed by atoms with E-state index in [0.29, 0.717) is 26.2 Å². The number of aliphatic hydroxyl groups is 1. The molecule has 178 valence electrons. The predicted molar refractivity (Wildman–Crippen MR) is 132 cm³/mol. The average molecular weight is 462 g/mol. The van der Waals surface area contributed by atoms with Crippen molar-refractivity contribution in [2.45, 2.75) is 39.3 Å². The van der Waals surface area contributed by atoms with E-state index in [1.54, 1.807) is 6.33 Å². The molecule has 1 saturated heterocycles. The quantitative estimate of drug-likeness (QED) is 0.554. The minimum absolute atomic E-state index is 0.554. The number of fused-ring (bicyclic) bond motifs is 1. The highest BCUT2D eigenvalue weighted by Crippen LogP contribution is 2.36. The zero-order valence-corrected chi connectivity index (χ0v) is 20.1. The number of benzene rings is 1. The summed E-state index contributed by atoms with van der Waals surface area (Å²) in [6, 6.07) is 8.11. The van der Waals surface area contributed by atoms with Crippen LogP contribution in [0.4, 0.5) is 11.5 Å². The normalized spacial score (nSPS) is 16.3. The lowest BCUT2D eigenvalue weighted by Crippen LogP contribution is -2.62. The van der Waals surface area contributed by atoms with Crippen LogP contribution in [0.1, 0.15) is 37.1 Å². The monoisotopic (exact) mass is 461 g/mol. The van der Waals surface area contributed by atoms with Gasteiger partial charge in [-0.25, -0.2) is 4.98 Å². The first-order valence-corrected chi connectivity index (χ1v) is 11.7. The van der Waals surface area contributed by atoms with Gasteiger partial charge in [0.15, 0.2) is 5.82 Å². The van der Waals surface area contributed by atoms with Crippen molar-refractivity contribution < 1.29 is 9.84 Å². The lowest BCUT2D eigenvalue weighted by Gasteiger charge is -2.48. The summed E-state index contributed by atoms with van der Waals surface area (Å²) in [5, 5.41) is 20.8. The van der Waals surface area contributed by atoms with Crippen molar-refractivity contribution in [1.29, 1.82) is 0 Å². The molecule has 34 heavy (non-hydrogen) atoms. The number of β-amino-alcohol motifs (C(OH)–C–C–N with tert-alkyl or cyclic N) is 1. The van der Waals surface area contributed by atoms with E-state index in [1.807, 2.05) is 61.8 Å². The van der Waals surface area contributed by atoms with Gasteiger partial charge in [-0.2, -0.15) is 0 Å². The Morgan fingerprint density at radius 3 is 2.74 bits per heavy atom. The summed E-state index contributed by atoms with van der Waals surface area (Å²) in [5.74, 6) is 2.49. The molecule has 0 atom stereocenters. The second-order valence-corrected chi connectivity index (χ2v) is 9.05. The third-order valence-corrected chi connectivity index (χ3v) is 6.47. The van der Waals surface area contributed by atoms with Crippen LogP contribution in [0.15, 0.2) is 36.8 Å². The molecule has 3 aromatic rings. The number of pyridine rings is 1. The van der Waals surface area contributed by atoms with Crippen LogP contribution in [-0.4, -0.2) is 55.2 Å². The highest BCUT2D eigenvalue weighted by molar-refractivity contribution is 5.69. The van der Waals surface area contributed by atoms with E-state index in [4.69, 9.17) is 9.72 Å². The summed E-state index contributed by atoms with van der Waals surface area (Å²) in [6.07, 6.45) is 6.57. The van der Waals surface area contributed by atoms with Gasteiger partial charge in [0.05, 0.1) is 24.4 Å². The van der Waals surface area contributed by atoms with Crippen molar-refractivity contribution in [3.63, 3.8) is 0 Å². The molecule has 1 aromatic carbocycles. The molecule has 0 radical (unpaired) electrons. The van der Waals surface area contributed by atoms with Crippen molar-refractivity contribution in [3.8, 4) is 17.1 Å². The van der Waals surface area contributed by atoms with E-state index in [2.05, 4.69) is 32.7 Å². The number of nitrogens with zero attached hydrogens (tertiary/aromatic N) is 6. The van der Waals surface area contributed by atoms with Gasteiger partial charge in [-0.1, -0.05) is 6.92 Å². The van der Waals surface area contributed by atoms with Gasteiger partial charge in [0.2, 0.25) is 0 Å². The molecular formula is C25H31N7O2. The molecule has 0 aliphatic carbocycles. The van der Waals surface area contributed by atoms with E-state index in [1.165, 1.54) is 0 Å². The molecule has 5 rings (SSSR count). The second-order valence-electron chi connectivity index (χ2n) is 9.05. The maximum atomic E-state index is 10.5. The lowest BCUT2D eigenvalue weighted by molar-refractivity contribution is 0.00790. The minimum Gasteiger partial charge on any atom is -0.492 e. The Labute approximate surface area is 199 Å². The van der Waals surface area contributed by atoms with Crippen molar-refractivity contribution in [1.82, 2.24) is 24.8 Å². The average Bonchev–Trinajstić information content (AvgIpc) is 3.24. The smallest absolute Gasteiger partial charge is 0.163 e. The molecule has 4 heterocycles. The summed E-state index contributed by atoms with van der Waals surface area (Å²) in [6.45, 7) is 8.44. The number of hydrogen-bond acceptors (Lipinski definition) is 8. The number of rotatable bonds is 7. The Morgan fingerprint density at radius 1 is 1.21 bits per heavy atom. The van der Waals surface area contributed by atoms with Gasteiger partial charge in [0, 0.05) is 43.2 Å². The molecule has 0 spiro atoms. The Hall–Kier alpha value is -3.59. The number of nitrogens with one attached hydrogen (secondary N) is 1. The van der Waals surface area contributed by atoms with E-state index >= 15 is 0 Å². The molecule has 2 aromatic heterocycles. The van der Waals surface area contributed by atoms with Crippen LogP contribution in [0.5, 0.6) is 5.75 Å². The molecule has 0 amide bonds. The van der Waals surface area contributed by atoms with Gasteiger partial charge in [0.1, 0.15) is 17.9 Å². The largest absolute Gasteiger partial charge is 0.492 e. The summed E-state index contributed by atoms with van der Waals surface area (Å²) in [7, 11) is 1.92. The lowest BCUT2D eigenvalue weighted by atomic mass is 9.90. The van der Waals surface area contributed by atoms with Crippen LogP contribution in [0.2, 0.25) is 0 Å². The number of anilines is 2. The van der Waals surface area contributed by atoms with Crippen LogP contribution in [0.3, 0.4) is 0 Å². The standard InChI is InChI=1S/C25H31N7O2/c1-5-25(33)14-31(15-25)24-20-13-32(10-9-18(20)11-17(3)27-24)29-21-8-7-19(12-22(21)34-6-2)23-28-26-16-30(23)4/h7-12,16,29,33H,5-6,13-15H2,1-4H3. The molecule has 9 nitrogen and oxygen atoms in total. The highest BCUT2D eigenvalue weighted by atomic mass is 16.5. The highest BCUT2D eigenvalue weighted by Gasteiger charge is 2.41. The Kier molecular flexibility index (Phi) is 5.65. The van der Waals surface area contributed by atoms with E-state index in [-0.39, 0.29) is 0 Å². The van der Waals surface area contributed by atoms with Crippen LogP contribution < -0.4 is 15.1 Å². The molecule has 0 saturated carbocycles. The first-order valence-electron chi connectivity index (χ1n) is 11.7. The van der Waals surface area contributed by atoms with Gasteiger partial charge >= 0.3 is 0 Å². The topological polar surface area (TPSA) is 91.6 Å². The van der Waals surface area contributed by atoms with E-state index in [0.717, 1.165) is 51.9 Å². The first kappa shape index (κ1) is 22.2. The summed E-state index contributed by atoms with van der Waals surface area (Å²) < 4.78 is 7.83. The van der Waals surface area contributed by atoms with Crippen molar-refractivity contribution in [2.75, 3.05) is 30.0 Å². The fourth-order valence-corrected chi connectivity index (χ4v) is 4.52. The maximum absolute atomic E-state index is 10.5. The minimum atomic E-state index is -0.613. The second kappa shape index (κ2) is 8.64. The fraction of sp³-hybridized carbons (Fsp3) is 0.400. The zero-order chi connectivity index (χ0) is 23.9. The molecule has 2 N–H and O–H groups in total. The summed E-state index contributed by atoms with van der Waals surface area (Å²) in [5.41, 5.74) is 7.97. The number of hydrogen-bond donors (Lipinski definition) is 2. The third kappa shape index (κ3) is 4.07. The Balaban J connectivity index is 1.40. The van der Waals surface area contributed by atoms with Gasteiger partial charge in [-0.3, -0.25) is 10.4 Å². The van der Waals surface area contributed by atoms with Crippen LogP contribution in [0.25, 0.3) is 17.5 Å². The van der Waals surface area contributed by atoms with Crippen LogP contribution in [-0.2, 0) is 13.6 Å². The van der Waals surface area contributed by atoms with Gasteiger partial charge < -0.3 is 19.3 Å². The molecular weight excluding hydrogens is 430 g/mol. The maximum Gasteiger partial charge on any atom is 0.163 e. The molecule has 2 aliphatic rings. The van der Waals surface area contributed by atoms with Gasteiger partial charge in [-0.15, -0.1) is 10.2 Å². The fourth-order valence-electron chi connectivity index (χ4n) is 4.52. The number of aromatic nitrogens is 4. The van der Waals surface area contributed by atoms with Gasteiger partial charge in [0.25, 0.3) is 0 Å². The number of aryl methyl sites for hydroxylation is 2. The van der Waals surface area contributed by atoms with Gasteiger partial charge in [-0.05, 0) is 56.2 Å².